The number of anilines is 1. The largest absolute Gasteiger partial charge is 0.486 e. The van der Waals surface area contributed by atoms with Crippen LogP contribution in [0.3, 0.4) is 0 Å². The van der Waals surface area contributed by atoms with Crippen molar-refractivity contribution >= 4 is 22.6 Å². The second-order valence-corrected chi connectivity index (χ2v) is 8.16. The number of hydrogen-bond acceptors (Lipinski definition) is 5. The number of aromatic nitrogens is 1. The van der Waals surface area contributed by atoms with Crippen molar-refractivity contribution in [2.24, 2.45) is 0 Å². The van der Waals surface area contributed by atoms with Crippen LogP contribution in [0.4, 0.5) is 14.9 Å². The van der Waals surface area contributed by atoms with Gasteiger partial charge in [0.1, 0.15) is 19.0 Å². The summed E-state index contributed by atoms with van der Waals surface area (Å²) in [5.41, 5.74) is 1.25. The topological polar surface area (TPSA) is 92.9 Å². The highest BCUT2D eigenvalue weighted by Crippen LogP contribution is 2.33. The molecule has 0 radical (unpaired) electrons. The third-order valence-electron chi connectivity index (χ3n) is 5.78. The lowest BCUT2D eigenvalue weighted by Gasteiger charge is -2.26. The highest BCUT2D eigenvalue weighted by molar-refractivity contribution is 5.89. The summed E-state index contributed by atoms with van der Waals surface area (Å²) < 4.78 is 30.2. The molecule has 1 aromatic heterocycles. The third kappa shape index (κ3) is 4.78. The monoisotopic (exact) mass is 453 g/mol. The predicted octanol–water partition coefficient (Wildman–Crippen LogP) is 3.65. The quantitative estimate of drug-likeness (QED) is 0.615. The Bertz CT molecular complexity index is 1220. The van der Waals surface area contributed by atoms with Gasteiger partial charge in [0, 0.05) is 35.9 Å². The van der Waals surface area contributed by atoms with E-state index < -0.39 is 6.03 Å². The van der Waals surface area contributed by atoms with Gasteiger partial charge in [0.15, 0.2) is 11.5 Å². The molecule has 2 aliphatic rings. The third-order valence-corrected chi connectivity index (χ3v) is 5.78. The van der Waals surface area contributed by atoms with Crippen molar-refractivity contribution in [3.05, 3.63) is 64.2 Å². The molecule has 2 aliphatic heterocycles. The molecule has 0 bridgehead atoms. The number of urea groups is 1. The Kier molecular flexibility index (Phi) is 5.87. The minimum Gasteiger partial charge on any atom is -0.486 e. The molecule has 3 aromatic rings. The Balaban J connectivity index is 1.42. The van der Waals surface area contributed by atoms with Crippen molar-refractivity contribution in [1.29, 1.82) is 0 Å². The number of hydrogen-bond donors (Lipinski definition) is 2. The molecular weight excluding hydrogens is 429 g/mol. The van der Waals surface area contributed by atoms with Crippen LogP contribution in [-0.4, -0.2) is 48.4 Å². The fraction of sp³-hybridized carbons (Fsp3) is 0.333. The van der Waals surface area contributed by atoms with Crippen molar-refractivity contribution in [2.45, 2.75) is 25.5 Å². The van der Waals surface area contributed by atoms with E-state index in [2.05, 4.69) is 10.3 Å². The number of aromatic amines is 1. The number of halogens is 1. The summed E-state index contributed by atoms with van der Waals surface area (Å²) in [6.45, 7) is 2.01. The number of nitrogens with zero attached hydrogens (tertiary/aromatic N) is 1. The molecular formula is C24H24FN3O5. The van der Waals surface area contributed by atoms with Crippen LogP contribution in [0.25, 0.3) is 10.9 Å². The number of carbonyl (C=O) groups is 1. The standard InChI is InChI=1S/C24H24FN3O5/c25-17-3-5-18(6-4-17)26-24(30)28(14-19-2-1-7-31-19)13-16-10-15-11-21-22(33-9-8-32-21)12-20(15)27-23(16)29/h3-6,10-12,19H,1-2,7-9,13-14H2,(H,26,30)(H,27,29)/t19-/m0/s1. The van der Waals surface area contributed by atoms with Gasteiger partial charge in [-0.05, 0) is 49.2 Å². The van der Waals surface area contributed by atoms with Gasteiger partial charge in [-0.3, -0.25) is 4.79 Å². The Morgan fingerprint density at radius 2 is 1.85 bits per heavy atom. The number of benzene rings is 2. The van der Waals surface area contributed by atoms with Crippen molar-refractivity contribution in [3.8, 4) is 11.5 Å². The molecule has 33 heavy (non-hydrogen) atoms. The second-order valence-electron chi connectivity index (χ2n) is 8.16. The first-order chi connectivity index (χ1) is 16.0. The molecule has 0 unspecified atom stereocenters. The smallest absolute Gasteiger partial charge is 0.322 e. The molecule has 2 aromatic carbocycles. The van der Waals surface area contributed by atoms with Crippen LogP contribution in [0.1, 0.15) is 18.4 Å². The first kappa shape index (κ1) is 21.3. The van der Waals surface area contributed by atoms with Gasteiger partial charge < -0.3 is 29.4 Å². The lowest BCUT2D eigenvalue weighted by Crippen LogP contribution is -2.40. The molecule has 5 rings (SSSR count). The molecule has 1 atom stereocenters. The minimum atomic E-state index is -0.390. The van der Waals surface area contributed by atoms with Gasteiger partial charge in [0.2, 0.25) is 0 Å². The number of H-pyrrole nitrogens is 1. The summed E-state index contributed by atoms with van der Waals surface area (Å²) in [6.07, 6.45) is 1.68. The SMILES string of the molecule is O=C(Nc1ccc(F)cc1)N(Cc1cc2cc3c(cc2[nH]c1=O)OCCO3)C[C@@H]1CCCO1. The van der Waals surface area contributed by atoms with Gasteiger partial charge in [-0.15, -0.1) is 0 Å². The zero-order valence-corrected chi connectivity index (χ0v) is 17.9. The highest BCUT2D eigenvalue weighted by Gasteiger charge is 2.24. The Labute approximate surface area is 189 Å². The van der Waals surface area contributed by atoms with E-state index in [9.17, 15) is 14.0 Å². The number of nitrogens with one attached hydrogen (secondary N) is 2. The number of rotatable bonds is 5. The zero-order valence-electron chi connectivity index (χ0n) is 17.9. The second kappa shape index (κ2) is 9.11. The molecule has 8 nitrogen and oxygen atoms in total. The van der Waals surface area contributed by atoms with E-state index >= 15 is 0 Å². The zero-order chi connectivity index (χ0) is 22.8. The number of carbonyl (C=O) groups excluding carboxylic acids is 1. The molecule has 1 saturated heterocycles. The molecule has 2 N–H and O–H groups in total. The molecule has 2 amide bonds. The number of fused-ring (bicyclic) bond motifs is 2. The van der Waals surface area contributed by atoms with Crippen LogP contribution in [-0.2, 0) is 11.3 Å². The van der Waals surface area contributed by atoms with Crippen molar-refractivity contribution in [1.82, 2.24) is 9.88 Å². The Hall–Kier alpha value is -3.59. The Morgan fingerprint density at radius 3 is 2.58 bits per heavy atom. The van der Waals surface area contributed by atoms with E-state index in [1.165, 1.54) is 24.3 Å². The van der Waals surface area contributed by atoms with Gasteiger partial charge >= 0.3 is 6.03 Å². The number of pyridine rings is 1. The maximum absolute atomic E-state index is 13.2. The fourth-order valence-corrected chi connectivity index (χ4v) is 4.10. The van der Waals surface area contributed by atoms with E-state index in [0.717, 1.165) is 18.2 Å². The van der Waals surface area contributed by atoms with Gasteiger partial charge in [0.05, 0.1) is 18.2 Å². The van der Waals surface area contributed by atoms with E-state index in [-0.39, 0.29) is 24.0 Å². The van der Waals surface area contributed by atoms with Gasteiger partial charge in [0.25, 0.3) is 5.56 Å². The predicted molar refractivity (Wildman–Crippen MR) is 120 cm³/mol. The molecule has 0 aliphatic carbocycles. The summed E-state index contributed by atoms with van der Waals surface area (Å²) in [7, 11) is 0. The summed E-state index contributed by atoms with van der Waals surface area (Å²) in [5.74, 6) is 0.830. The lowest BCUT2D eigenvalue weighted by atomic mass is 10.1. The first-order valence-electron chi connectivity index (χ1n) is 10.9. The summed E-state index contributed by atoms with van der Waals surface area (Å²) >= 11 is 0. The lowest BCUT2D eigenvalue weighted by molar-refractivity contribution is 0.0818. The van der Waals surface area contributed by atoms with Crippen molar-refractivity contribution in [2.75, 3.05) is 31.7 Å². The number of amides is 2. The van der Waals surface area contributed by atoms with E-state index in [0.29, 0.717) is 54.6 Å². The molecule has 1 fully saturated rings. The molecule has 0 spiro atoms. The van der Waals surface area contributed by atoms with Gasteiger partial charge in [-0.1, -0.05) is 0 Å². The molecule has 172 valence electrons. The molecule has 0 saturated carbocycles. The number of ether oxygens (including phenoxy) is 3. The van der Waals surface area contributed by atoms with E-state index in [1.54, 1.807) is 17.0 Å². The molecule has 9 heteroatoms. The maximum Gasteiger partial charge on any atom is 0.322 e. The summed E-state index contributed by atoms with van der Waals surface area (Å²) in [6, 6.07) is 10.5. The van der Waals surface area contributed by atoms with Crippen molar-refractivity contribution in [3.63, 3.8) is 0 Å². The Morgan fingerprint density at radius 1 is 1.09 bits per heavy atom. The first-order valence-corrected chi connectivity index (χ1v) is 10.9. The maximum atomic E-state index is 13.2. The van der Waals surface area contributed by atoms with Crippen LogP contribution < -0.4 is 20.3 Å². The van der Waals surface area contributed by atoms with E-state index in [1.807, 2.05) is 6.07 Å². The highest BCUT2D eigenvalue weighted by atomic mass is 19.1. The average Bonchev–Trinajstić information content (AvgIpc) is 3.32. The fourth-order valence-electron chi connectivity index (χ4n) is 4.10. The van der Waals surface area contributed by atoms with Crippen LogP contribution in [0.15, 0.2) is 47.3 Å². The summed E-state index contributed by atoms with van der Waals surface area (Å²) in [5, 5.41) is 3.56. The van der Waals surface area contributed by atoms with Crippen LogP contribution in [0.5, 0.6) is 11.5 Å². The van der Waals surface area contributed by atoms with Gasteiger partial charge in [-0.2, -0.15) is 0 Å². The van der Waals surface area contributed by atoms with Crippen LogP contribution in [0.2, 0.25) is 0 Å². The van der Waals surface area contributed by atoms with E-state index in [4.69, 9.17) is 14.2 Å². The minimum absolute atomic E-state index is 0.0899. The molecule has 3 heterocycles. The van der Waals surface area contributed by atoms with Crippen LogP contribution >= 0.6 is 0 Å². The average molecular weight is 453 g/mol. The van der Waals surface area contributed by atoms with Crippen LogP contribution in [0, 0.1) is 5.82 Å². The summed E-state index contributed by atoms with van der Waals surface area (Å²) in [4.78, 5) is 30.3. The van der Waals surface area contributed by atoms with Crippen molar-refractivity contribution < 1.29 is 23.4 Å². The normalized spacial score (nSPS) is 17.2. The van der Waals surface area contributed by atoms with Gasteiger partial charge in [-0.25, -0.2) is 9.18 Å².